The molecule has 1 N–H and O–H groups in total. The van der Waals surface area contributed by atoms with E-state index in [0.29, 0.717) is 35.4 Å². The second-order valence-electron chi connectivity index (χ2n) is 6.71. The predicted octanol–water partition coefficient (Wildman–Crippen LogP) is 5.71. The average molecular weight is 447 g/mol. The van der Waals surface area contributed by atoms with Crippen LogP contribution in [0.2, 0.25) is 10.0 Å². The van der Waals surface area contributed by atoms with Gasteiger partial charge in [-0.15, -0.1) is 0 Å². The van der Waals surface area contributed by atoms with E-state index in [0.717, 1.165) is 24.3 Å². The number of aryl methyl sites for hydroxylation is 1. The van der Waals surface area contributed by atoms with E-state index in [9.17, 15) is 4.79 Å². The summed E-state index contributed by atoms with van der Waals surface area (Å²) in [5, 5.41) is 3.75. The van der Waals surface area contributed by atoms with Gasteiger partial charge in [-0.1, -0.05) is 35.3 Å². The molecule has 3 aromatic rings. The maximum Gasteiger partial charge on any atom is 0.322 e. The van der Waals surface area contributed by atoms with Gasteiger partial charge in [-0.2, -0.15) is 0 Å². The minimum absolute atomic E-state index is 0.201. The minimum atomic E-state index is -0.201. The van der Waals surface area contributed by atoms with Gasteiger partial charge < -0.3 is 19.5 Å². The molecule has 2 aromatic carbocycles. The lowest BCUT2D eigenvalue weighted by Gasteiger charge is -2.24. The molecule has 0 aliphatic heterocycles. The van der Waals surface area contributed by atoms with Crippen LogP contribution >= 0.6 is 23.2 Å². The van der Waals surface area contributed by atoms with Crippen molar-refractivity contribution in [3.63, 3.8) is 0 Å². The van der Waals surface area contributed by atoms with Crippen molar-refractivity contribution in [2.45, 2.75) is 26.4 Å². The lowest BCUT2D eigenvalue weighted by Crippen LogP contribution is -2.35. The summed E-state index contributed by atoms with van der Waals surface area (Å²) in [4.78, 5) is 18.8. The summed E-state index contributed by atoms with van der Waals surface area (Å²) >= 11 is 12.0. The molecule has 0 saturated carbocycles. The Morgan fingerprint density at radius 3 is 2.63 bits per heavy atom. The van der Waals surface area contributed by atoms with Gasteiger partial charge in [0.05, 0.1) is 23.0 Å². The Hall–Kier alpha value is -2.70. The van der Waals surface area contributed by atoms with Gasteiger partial charge >= 0.3 is 6.03 Å². The maximum absolute atomic E-state index is 13.0. The van der Waals surface area contributed by atoms with Crippen LogP contribution in [0.1, 0.15) is 18.9 Å². The Bertz CT molecular complexity index is 946. The van der Waals surface area contributed by atoms with Crippen LogP contribution in [0.25, 0.3) is 0 Å². The summed E-state index contributed by atoms with van der Waals surface area (Å²) in [6.45, 7) is 4.40. The Labute approximate surface area is 186 Å². The normalized spacial score (nSPS) is 10.6. The fourth-order valence-corrected chi connectivity index (χ4v) is 3.27. The maximum atomic E-state index is 13.0. The number of hydrogen-bond acceptors (Lipinski definition) is 3. The molecule has 0 spiro atoms. The van der Waals surface area contributed by atoms with Gasteiger partial charge in [-0.3, -0.25) is 0 Å². The van der Waals surface area contributed by atoms with Crippen LogP contribution in [0, 0.1) is 0 Å². The first-order valence-electron chi connectivity index (χ1n) is 9.73. The number of nitrogens with one attached hydrogen (secondary N) is 1. The van der Waals surface area contributed by atoms with E-state index in [1.54, 1.807) is 35.6 Å². The van der Waals surface area contributed by atoms with Gasteiger partial charge in [0.15, 0.2) is 0 Å². The molecule has 0 aliphatic rings. The van der Waals surface area contributed by atoms with E-state index in [1.807, 2.05) is 42.0 Å². The predicted molar refractivity (Wildman–Crippen MR) is 120 cm³/mol. The van der Waals surface area contributed by atoms with Crippen LogP contribution in [-0.2, 0) is 13.1 Å². The van der Waals surface area contributed by atoms with E-state index in [4.69, 9.17) is 27.9 Å². The summed E-state index contributed by atoms with van der Waals surface area (Å²) in [5.74, 6) is 0.813. The molecule has 2 amide bonds. The summed E-state index contributed by atoms with van der Waals surface area (Å²) in [6, 6.07) is 12.6. The van der Waals surface area contributed by atoms with Gasteiger partial charge in [0.1, 0.15) is 5.75 Å². The van der Waals surface area contributed by atoms with E-state index >= 15 is 0 Å². The third-order valence-electron chi connectivity index (χ3n) is 4.47. The number of halogens is 2. The van der Waals surface area contributed by atoms with Crippen LogP contribution in [0.3, 0.4) is 0 Å². The Balaban J connectivity index is 1.68. The first-order valence-corrected chi connectivity index (χ1v) is 10.5. The number of carbonyl (C=O) groups excluding carboxylic acids is 1. The molecular formula is C22H24Cl2N4O2. The monoisotopic (exact) mass is 446 g/mol. The third-order valence-corrected chi connectivity index (χ3v) is 5.21. The molecule has 0 unspecified atom stereocenters. The van der Waals surface area contributed by atoms with Crippen LogP contribution in [0.4, 0.5) is 10.5 Å². The SMILES string of the molecule is CCOc1ccc(CN(CCCn2ccnc2)C(=O)Nc2ccc(Cl)c(Cl)c2)cc1. The molecule has 0 saturated heterocycles. The summed E-state index contributed by atoms with van der Waals surface area (Å²) < 4.78 is 7.49. The lowest BCUT2D eigenvalue weighted by atomic mass is 10.2. The molecular weight excluding hydrogens is 423 g/mol. The molecule has 0 aliphatic carbocycles. The number of benzene rings is 2. The number of aromatic nitrogens is 2. The molecule has 0 bridgehead atoms. The topological polar surface area (TPSA) is 59.4 Å². The highest BCUT2D eigenvalue weighted by molar-refractivity contribution is 6.42. The quantitative estimate of drug-likeness (QED) is 0.457. The molecule has 0 fully saturated rings. The van der Waals surface area contributed by atoms with Crippen LogP contribution < -0.4 is 10.1 Å². The summed E-state index contributed by atoms with van der Waals surface area (Å²) in [6.07, 6.45) is 6.22. The number of ether oxygens (including phenoxy) is 1. The molecule has 30 heavy (non-hydrogen) atoms. The van der Waals surface area contributed by atoms with Gasteiger partial charge in [0.25, 0.3) is 0 Å². The van der Waals surface area contributed by atoms with Crippen molar-refractivity contribution in [3.8, 4) is 5.75 Å². The van der Waals surface area contributed by atoms with Gasteiger partial charge in [-0.25, -0.2) is 9.78 Å². The highest BCUT2D eigenvalue weighted by Gasteiger charge is 2.15. The molecule has 0 atom stereocenters. The molecule has 6 nitrogen and oxygen atoms in total. The zero-order valence-corrected chi connectivity index (χ0v) is 18.2. The number of carbonyl (C=O) groups is 1. The zero-order valence-electron chi connectivity index (χ0n) is 16.7. The first kappa shape index (κ1) is 22.0. The Morgan fingerprint density at radius 1 is 1.17 bits per heavy atom. The standard InChI is InChI=1S/C22H24Cl2N4O2/c1-2-30-19-7-4-17(5-8-19)15-28(12-3-11-27-13-10-25-16-27)22(29)26-18-6-9-20(23)21(24)14-18/h4-10,13-14,16H,2-3,11-12,15H2,1H3,(H,26,29). The molecule has 1 heterocycles. The Kier molecular flexibility index (Phi) is 7.99. The largest absolute Gasteiger partial charge is 0.494 e. The summed E-state index contributed by atoms with van der Waals surface area (Å²) in [7, 11) is 0. The van der Waals surface area contributed by atoms with Crippen molar-refractivity contribution < 1.29 is 9.53 Å². The number of rotatable bonds is 9. The minimum Gasteiger partial charge on any atom is -0.494 e. The van der Waals surface area contributed by atoms with Crippen molar-refractivity contribution in [2.24, 2.45) is 0 Å². The molecule has 3 rings (SSSR count). The number of nitrogens with zero attached hydrogens (tertiary/aromatic N) is 3. The van der Waals surface area contributed by atoms with E-state index in [-0.39, 0.29) is 6.03 Å². The summed E-state index contributed by atoms with van der Waals surface area (Å²) in [5.41, 5.74) is 1.62. The van der Waals surface area contributed by atoms with E-state index in [2.05, 4.69) is 10.3 Å². The fourth-order valence-electron chi connectivity index (χ4n) is 2.97. The van der Waals surface area contributed by atoms with Crippen LogP contribution in [-0.4, -0.2) is 33.6 Å². The highest BCUT2D eigenvalue weighted by atomic mass is 35.5. The lowest BCUT2D eigenvalue weighted by molar-refractivity contribution is 0.207. The van der Waals surface area contributed by atoms with Crippen molar-refractivity contribution in [1.82, 2.24) is 14.5 Å². The van der Waals surface area contributed by atoms with Gasteiger partial charge in [0, 0.05) is 37.7 Å². The van der Waals surface area contributed by atoms with Gasteiger partial charge in [-0.05, 0) is 49.2 Å². The second-order valence-corrected chi connectivity index (χ2v) is 7.53. The van der Waals surface area contributed by atoms with Crippen LogP contribution in [0.15, 0.2) is 61.2 Å². The van der Waals surface area contributed by atoms with Crippen molar-refractivity contribution >= 4 is 34.9 Å². The third kappa shape index (κ3) is 6.40. The van der Waals surface area contributed by atoms with Crippen molar-refractivity contribution in [3.05, 3.63) is 76.8 Å². The number of imidazole rings is 1. The fraction of sp³-hybridized carbons (Fsp3) is 0.273. The van der Waals surface area contributed by atoms with Crippen molar-refractivity contribution in [2.75, 3.05) is 18.5 Å². The average Bonchev–Trinajstić information content (AvgIpc) is 3.25. The molecule has 1 aromatic heterocycles. The molecule has 8 heteroatoms. The smallest absolute Gasteiger partial charge is 0.322 e. The number of anilines is 1. The van der Waals surface area contributed by atoms with E-state index < -0.39 is 0 Å². The molecule has 0 radical (unpaired) electrons. The number of hydrogen-bond donors (Lipinski definition) is 1. The van der Waals surface area contributed by atoms with Crippen molar-refractivity contribution in [1.29, 1.82) is 0 Å². The Morgan fingerprint density at radius 2 is 1.97 bits per heavy atom. The first-order chi connectivity index (χ1) is 14.5. The number of urea groups is 1. The zero-order chi connectivity index (χ0) is 21.3. The van der Waals surface area contributed by atoms with Crippen LogP contribution in [0.5, 0.6) is 5.75 Å². The number of amides is 2. The highest BCUT2D eigenvalue weighted by Crippen LogP contribution is 2.25. The van der Waals surface area contributed by atoms with E-state index in [1.165, 1.54) is 0 Å². The second kappa shape index (κ2) is 10.9. The molecule has 158 valence electrons. The van der Waals surface area contributed by atoms with Gasteiger partial charge in [0.2, 0.25) is 0 Å².